The minimum Gasteiger partial charge on any atom is -0.363 e. The third kappa shape index (κ3) is 3.31. The average molecular weight is 339 g/mol. The fraction of sp³-hybridized carbons (Fsp3) is 0.471. The van der Waals surface area contributed by atoms with Gasteiger partial charge in [-0.3, -0.25) is 4.79 Å². The molecule has 8 nitrogen and oxygen atoms in total. The third-order valence-corrected chi connectivity index (χ3v) is 4.63. The van der Waals surface area contributed by atoms with Crippen LogP contribution in [0.5, 0.6) is 0 Å². The van der Waals surface area contributed by atoms with Gasteiger partial charge in [-0.05, 0) is 32.3 Å². The first-order chi connectivity index (χ1) is 12.0. The first kappa shape index (κ1) is 16.9. The summed E-state index contributed by atoms with van der Waals surface area (Å²) in [6, 6.07) is 2.28. The predicted molar refractivity (Wildman–Crippen MR) is 94.6 cm³/mol. The van der Waals surface area contributed by atoms with Gasteiger partial charge in [0.25, 0.3) is 5.56 Å². The van der Waals surface area contributed by atoms with E-state index in [0.717, 1.165) is 30.6 Å². The Hall–Kier alpha value is -2.95. The maximum Gasteiger partial charge on any atom is 0.293 e. The molecule has 1 aliphatic rings. The summed E-state index contributed by atoms with van der Waals surface area (Å²) >= 11 is 0. The van der Waals surface area contributed by atoms with Gasteiger partial charge in [0.2, 0.25) is 0 Å². The molecule has 2 aromatic rings. The van der Waals surface area contributed by atoms with E-state index >= 15 is 0 Å². The summed E-state index contributed by atoms with van der Waals surface area (Å²) in [6.45, 7) is 5.13. The molecular formula is C17H21N7O. The fourth-order valence-corrected chi connectivity index (χ4v) is 3.03. The Morgan fingerprint density at radius 3 is 2.92 bits per heavy atom. The number of rotatable bonds is 3. The lowest BCUT2D eigenvalue weighted by atomic mass is 10.0. The van der Waals surface area contributed by atoms with Crippen LogP contribution in [0.1, 0.15) is 29.7 Å². The van der Waals surface area contributed by atoms with Crippen LogP contribution in [0.2, 0.25) is 0 Å². The Balaban J connectivity index is 1.81. The highest BCUT2D eigenvalue weighted by molar-refractivity contribution is 5.56. The lowest BCUT2D eigenvalue weighted by Crippen LogP contribution is -2.45. The number of piperidine rings is 1. The molecular weight excluding hydrogens is 318 g/mol. The highest BCUT2D eigenvalue weighted by Crippen LogP contribution is 2.21. The highest BCUT2D eigenvalue weighted by Gasteiger charge is 2.24. The Kier molecular flexibility index (Phi) is 4.65. The van der Waals surface area contributed by atoms with Crippen molar-refractivity contribution in [2.45, 2.75) is 32.7 Å². The SMILES string of the molecule is Cc1nnc(N[C@@H]2CCCN(c3nccn(C)c3=O)C2)c(C#N)c1C. The van der Waals surface area contributed by atoms with Crippen molar-refractivity contribution in [3.63, 3.8) is 0 Å². The lowest BCUT2D eigenvalue weighted by Gasteiger charge is -2.33. The Bertz CT molecular complexity index is 884. The van der Waals surface area contributed by atoms with E-state index in [1.165, 1.54) is 4.57 Å². The largest absolute Gasteiger partial charge is 0.363 e. The quantitative estimate of drug-likeness (QED) is 0.895. The smallest absolute Gasteiger partial charge is 0.293 e. The van der Waals surface area contributed by atoms with Gasteiger partial charge in [-0.15, -0.1) is 5.10 Å². The Morgan fingerprint density at radius 1 is 1.36 bits per heavy atom. The maximum atomic E-state index is 12.3. The number of nitriles is 1. The molecule has 8 heteroatoms. The average Bonchev–Trinajstić information content (AvgIpc) is 2.61. The molecule has 25 heavy (non-hydrogen) atoms. The Morgan fingerprint density at radius 2 is 2.16 bits per heavy atom. The zero-order chi connectivity index (χ0) is 18.0. The normalized spacial score (nSPS) is 17.2. The van der Waals surface area contributed by atoms with E-state index in [-0.39, 0.29) is 11.6 Å². The van der Waals surface area contributed by atoms with Crippen molar-refractivity contribution < 1.29 is 0 Å². The second kappa shape index (κ2) is 6.89. The van der Waals surface area contributed by atoms with Gasteiger partial charge >= 0.3 is 0 Å². The molecule has 0 amide bonds. The van der Waals surface area contributed by atoms with Gasteiger partial charge in [-0.1, -0.05) is 0 Å². The predicted octanol–water partition coefficient (Wildman–Crippen LogP) is 1.14. The van der Waals surface area contributed by atoms with Crippen LogP contribution in [0.3, 0.4) is 0 Å². The zero-order valence-corrected chi connectivity index (χ0v) is 14.7. The minimum atomic E-state index is -0.105. The Labute approximate surface area is 146 Å². The first-order valence-corrected chi connectivity index (χ1v) is 8.28. The van der Waals surface area contributed by atoms with Crippen LogP contribution < -0.4 is 15.8 Å². The van der Waals surface area contributed by atoms with E-state index in [9.17, 15) is 10.1 Å². The molecule has 3 heterocycles. The van der Waals surface area contributed by atoms with E-state index in [0.29, 0.717) is 23.7 Å². The van der Waals surface area contributed by atoms with Crippen molar-refractivity contribution in [2.75, 3.05) is 23.3 Å². The number of aryl methyl sites for hydroxylation is 2. The van der Waals surface area contributed by atoms with Crippen LogP contribution in [0.4, 0.5) is 11.6 Å². The number of hydrogen-bond donors (Lipinski definition) is 1. The topological polar surface area (TPSA) is 99.7 Å². The molecule has 1 atom stereocenters. The van der Waals surface area contributed by atoms with E-state index < -0.39 is 0 Å². The fourth-order valence-electron chi connectivity index (χ4n) is 3.03. The summed E-state index contributed by atoms with van der Waals surface area (Å²) in [7, 11) is 1.72. The summed E-state index contributed by atoms with van der Waals surface area (Å²) < 4.78 is 1.53. The molecule has 0 radical (unpaired) electrons. The van der Waals surface area contributed by atoms with Gasteiger partial charge in [-0.25, -0.2) is 4.98 Å². The van der Waals surface area contributed by atoms with Crippen molar-refractivity contribution in [1.82, 2.24) is 19.7 Å². The van der Waals surface area contributed by atoms with Gasteiger partial charge in [0.05, 0.1) is 5.69 Å². The lowest BCUT2D eigenvalue weighted by molar-refractivity contribution is 0.522. The maximum absolute atomic E-state index is 12.3. The monoisotopic (exact) mass is 339 g/mol. The molecule has 0 aromatic carbocycles. The van der Waals surface area contributed by atoms with Gasteiger partial charge in [0, 0.05) is 38.6 Å². The van der Waals surface area contributed by atoms with Crippen LogP contribution in [0, 0.1) is 25.2 Å². The van der Waals surface area contributed by atoms with Gasteiger partial charge in [0.1, 0.15) is 11.6 Å². The van der Waals surface area contributed by atoms with E-state index in [1.807, 2.05) is 18.7 Å². The summed E-state index contributed by atoms with van der Waals surface area (Å²) in [5.74, 6) is 0.967. The van der Waals surface area contributed by atoms with E-state index in [2.05, 4.69) is 26.6 Å². The second-order valence-corrected chi connectivity index (χ2v) is 6.34. The van der Waals surface area contributed by atoms with E-state index in [4.69, 9.17) is 0 Å². The molecule has 130 valence electrons. The number of nitrogens with one attached hydrogen (secondary N) is 1. The highest BCUT2D eigenvalue weighted by atomic mass is 16.1. The van der Waals surface area contributed by atoms with Crippen LogP contribution >= 0.6 is 0 Å². The molecule has 1 fully saturated rings. The summed E-state index contributed by atoms with van der Waals surface area (Å²) in [5, 5.41) is 21.0. The second-order valence-electron chi connectivity index (χ2n) is 6.34. The van der Waals surface area contributed by atoms with Crippen molar-refractivity contribution >= 4 is 11.6 Å². The molecule has 0 spiro atoms. The number of hydrogen-bond acceptors (Lipinski definition) is 7. The third-order valence-electron chi connectivity index (χ3n) is 4.63. The molecule has 0 bridgehead atoms. The van der Waals surface area contributed by atoms with Crippen molar-refractivity contribution in [3.8, 4) is 6.07 Å². The standard InChI is InChI=1S/C17H21N7O/c1-11-12(2)21-22-15(14(11)9-18)20-13-5-4-7-24(10-13)16-17(25)23(3)8-6-19-16/h6,8,13H,4-5,7,10H2,1-3H3,(H,20,22)/t13-/m1/s1. The molecule has 0 aliphatic carbocycles. The molecule has 2 aromatic heterocycles. The molecule has 3 rings (SSSR count). The summed E-state index contributed by atoms with van der Waals surface area (Å²) in [5.41, 5.74) is 2.01. The molecule has 1 aliphatic heterocycles. The van der Waals surface area contributed by atoms with Crippen LogP contribution in [-0.4, -0.2) is 38.9 Å². The van der Waals surface area contributed by atoms with Crippen LogP contribution in [0.25, 0.3) is 0 Å². The number of nitrogens with zero attached hydrogens (tertiary/aromatic N) is 6. The molecule has 1 saturated heterocycles. The van der Waals surface area contributed by atoms with Crippen LogP contribution in [0.15, 0.2) is 17.2 Å². The van der Waals surface area contributed by atoms with Crippen molar-refractivity contribution in [3.05, 3.63) is 39.6 Å². The molecule has 0 unspecified atom stereocenters. The molecule has 1 N–H and O–H groups in total. The van der Waals surface area contributed by atoms with Gasteiger partial charge in [-0.2, -0.15) is 10.4 Å². The minimum absolute atomic E-state index is 0.0731. The zero-order valence-electron chi connectivity index (χ0n) is 14.7. The molecule has 0 saturated carbocycles. The van der Waals surface area contributed by atoms with Crippen LogP contribution in [-0.2, 0) is 7.05 Å². The van der Waals surface area contributed by atoms with Crippen molar-refractivity contribution in [1.29, 1.82) is 5.26 Å². The van der Waals surface area contributed by atoms with Gasteiger partial charge in [0.15, 0.2) is 11.6 Å². The first-order valence-electron chi connectivity index (χ1n) is 8.28. The van der Waals surface area contributed by atoms with E-state index in [1.54, 1.807) is 19.4 Å². The summed E-state index contributed by atoms with van der Waals surface area (Å²) in [6.07, 6.45) is 5.15. The summed E-state index contributed by atoms with van der Waals surface area (Å²) in [4.78, 5) is 18.5. The van der Waals surface area contributed by atoms with Crippen molar-refractivity contribution in [2.24, 2.45) is 7.05 Å². The van der Waals surface area contributed by atoms with Gasteiger partial charge < -0.3 is 14.8 Å². The number of aromatic nitrogens is 4. The number of anilines is 2.